The van der Waals surface area contributed by atoms with E-state index < -0.39 is 18.6 Å². The number of halogens is 2. The highest BCUT2D eigenvalue weighted by Crippen LogP contribution is 2.36. The van der Waals surface area contributed by atoms with E-state index in [1.807, 2.05) is 0 Å². The number of hydrogen-bond acceptors (Lipinski definition) is 6. The first-order valence-electron chi connectivity index (χ1n) is 7.08. The zero-order valence-corrected chi connectivity index (χ0v) is 11.8. The summed E-state index contributed by atoms with van der Waals surface area (Å²) in [6.07, 6.45) is 2.56. The molecule has 3 rings (SSSR count). The van der Waals surface area contributed by atoms with Gasteiger partial charge in [0.1, 0.15) is 6.61 Å². The molecule has 1 aliphatic rings. The van der Waals surface area contributed by atoms with Crippen molar-refractivity contribution in [2.45, 2.75) is 37.6 Å². The lowest BCUT2D eigenvalue weighted by molar-refractivity contribution is 0.0819. The number of pyridine rings is 1. The van der Waals surface area contributed by atoms with Crippen LogP contribution in [0.1, 0.15) is 31.5 Å². The van der Waals surface area contributed by atoms with Gasteiger partial charge in [-0.2, -0.15) is 4.98 Å². The molecule has 0 unspecified atom stereocenters. The Balaban J connectivity index is 1.87. The van der Waals surface area contributed by atoms with Gasteiger partial charge in [0.05, 0.1) is 5.54 Å². The molecule has 2 N–H and O–H groups in total. The van der Waals surface area contributed by atoms with Crippen LogP contribution >= 0.6 is 0 Å². The number of rotatable bonds is 5. The van der Waals surface area contributed by atoms with Gasteiger partial charge in [-0.1, -0.05) is 18.0 Å². The molecule has 0 aliphatic heterocycles. The Morgan fingerprint density at radius 1 is 1.36 bits per heavy atom. The van der Waals surface area contributed by atoms with Crippen molar-refractivity contribution in [1.29, 1.82) is 0 Å². The average molecular weight is 310 g/mol. The monoisotopic (exact) mass is 310 g/mol. The zero-order valence-electron chi connectivity index (χ0n) is 11.8. The van der Waals surface area contributed by atoms with Crippen LogP contribution in [0.15, 0.2) is 22.9 Å². The lowest BCUT2D eigenvalue weighted by Gasteiger charge is -2.17. The fraction of sp³-hybridized carbons (Fsp3) is 0.500. The van der Waals surface area contributed by atoms with Crippen molar-refractivity contribution in [2.24, 2.45) is 5.73 Å². The first-order valence-corrected chi connectivity index (χ1v) is 7.08. The van der Waals surface area contributed by atoms with E-state index in [0.717, 1.165) is 25.7 Å². The third-order valence-electron chi connectivity index (χ3n) is 3.71. The van der Waals surface area contributed by atoms with Gasteiger partial charge in [0.25, 0.3) is 12.3 Å². The van der Waals surface area contributed by atoms with Gasteiger partial charge < -0.3 is 15.0 Å². The van der Waals surface area contributed by atoms with Crippen molar-refractivity contribution < 1.29 is 18.0 Å². The van der Waals surface area contributed by atoms with Gasteiger partial charge in [-0.25, -0.2) is 13.8 Å². The Morgan fingerprint density at radius 3 is 2.86 bits per heavy atom. The molecule has 2 heterocycles. The summed E-state index contributed by atoms with van der Waals surface area (Å²) < 4.78 is 34.8. The Labute approximate surface area is 125 Å². The molecule has 22 heavy (non-hydrogen) atoms. The molecule has 0 aromatic carbocycles. The molecule has 118 valence electrons. The van der Waals surface area contributed by atoms with Crippen molar-refractivity contribution in [1.82, 2.24) is 15.1 Å². The smallest absolute Gasteiger partial charge is 0.280 e. The molecule has 0 saturated heterocycles. The van der Waals surface area contributed by atoms with Crippen molar-refractivity contribution in [3.63, 3.8) is 0 Å². The maximum absolute atomic E-state index is 12.3. The van der Waals surface area contributed by atoms with Gasteiger partial charge in [-0.05, 0) is 25.0 Å². The van der Waals surface area contributed by atoms with Crippen LogP contribution in [0.2, 0.25) is 0 Å². The number of aromatic nitrogens is 3. The Hall–Kier alpha value is -2.09. The molecule has 2 aromatic heterocycles. The summed E-state index contributed by atoms with van der Waals surface area (Å²) in [5.74, 6) is 0.720. The second-order valence-corrected chi connectivity index (χ2v) is 5.34. The second kappa shape index (κ2) is 5.96. The van der Waals surface area contributed by atoms with E-state index in [1.165, 1.54) is 12.3 Å². The molecule has 0 atom stereocenters. The Kier molecular flexibility index (Phi) is 4.02. The molecule has 2 aromatic rings. The summed E-state index contributed by atoms with van der Waals surface area (Å²) in [6.45, 7) is -0.722. The lowest BCUT2D eigenvalue weighted by atomic mass is 9.99. The third-order valence-corrected chi connectivity index (χ3v) is 3.71. The molecule has 1 aliphatic carbocycles. The van der Waals surface area contributed by atoms with Gasteiger partial charge in [-0.3, -0.25) is 0 Å². The van der Waals surface area contributed by atoms with Crippen molar-refractivity contribution in [3.8, 4) is 17.3 Å². The summed E-state index contributed by atoms with van der Waals surface area (Å²) in [7, 11) is 0. The van der Waals surface area contributed by atoms with Crippen molar-refractivity contribution in [3.05, 3.63) is 24.2 Å². The molecular formula is C14H16F2N4O2. The van der Waals surface area contributed by atoms with Crippen molar-refractivity contribution in [2.75, 3.05) is 6.61 Å². The highest BCUT2D eigenvalue weighted by atomic mass is 19.3. The standard InChI is InChI=1S/C14H16F2N4O2/c15-10(16)8-21-9-4-3-7-18-11(9)12-19-13(20-22-12)14(17)5-1-2-6-14/h3-4,7,10H,1-2,5-6,8,17H2. The molecule has 1 saturated carbocycles. The fourth-order valence-corrected chi connectivity index (χ4v) is 2.57. The minimum atomic E-state index is -2.57. The maximum atomic E-state index is 12.3. The normalized spacial score (nSPS) is 17.1. The third kappa shape index (κ3) is 2.92. The summed E-state index contributed by atoms with van der Waals surface area (Å²) in [6, 6.07) is 3.12. The molecular weight excluding hydrogens is 294 g/mol. The van der Waals surface area contributed by atoms with E-state index in [-0.39, 0.29) is 17.3 Å². The molecule has 0 bridgehead atoms. The SMILES string of the molecule is NC1(c2noc(-c3ncccc3OCC(F)F)n2)CCCC1. The van der Waals surface area contributed by atoms with Gasteiger partial charge in [0.15, 0.2) is 17.3 Å². The first kappa shape index (κ1) is 14.8. The Morgan fingerprint density at radius 2 is 2.14 bits per heavy atom. The lowest BCUT2D eigenvalue weighted by Crippen LogP contribution is -2.34. The fourth-order valence-electron chi connectivity index (χ4n) is 2.57. The molecule has 0 radical (unpaired) electrons. The number of alkyl halides is 2. The quantitative estimate of drug-likeness (QED) is 0.913. The van der Waals surface area contributed by atoms with E-state index in [4.69, 9.17) is 15.0 Å². The van der Waals surface area contributed by atoms with Crippen LogP contribution in [-0.4, -0.2) is 28.2 Å². The molecule has 1 fully saturated rings. The van der Waals surface area contributed by atoms with Crippen LogP contribution in [-0.2, 0) is 5.54 Å². The summed E-state index contributed by atoms with van der Waals surface area (Å²) in [5, 5.41) is 3.93. The van der Waals surface area contributed by atoms with Crippen LogP contribution in [0.3, 0.4) is 0 Å². The molecule has 0 amide bonds. The van der Waals surface area contributed by atoms with Crippen LogP contribution in [0, 0.1) is 0 Å². The van der Waals surface area contributed by atoms with Crippen LogP contribution < -0.4 is 10.5 Å². The Bertz CT molecular complexity index is 641. The maximum Gasteiger partial charge on any atom is 0.280 e. The summed E-state index contributed by atoms with van der Waals surface area (Å²) in [4.78, 5) is 8.37. The van der Waals surface area contributed by atoms with Gasteiger partial charge in [0, 0.05) is 6.20 Å². The number of hydrogen-bond donors (Lipinski definition) is 1. The van der Waals surface area contributed by atoms with E-state index in [2.05, 4.69) is 15.1 Å². The minimum Gasteiger partial charge on any atom is -0.485 e. The second-order valence-electron chi connectivity index (χ2n) is 5.34. The van der Waals surface area contributed by atoms with E-state index in [0.29, 0.717) is 5.82 Å². The number of nitrogens with two attached hydrogens (primary N) is 1. The largest absolute Gasteiger partial charge is 0.485 e. The van der Waals surface area contributed by atoms with E-state index in [1.54, 1.807) is 6.07 Å². The van der Waals surface area contributed by atoms with Crippen LogP contribution in [0.25, 0.3) is 11.6 Å². The summed E-state index contributed by atoms with van der Waals surface area (Å²) in [5.41, 5.74) is 5.93. The topological polar surface area (TPSA) is 87.1 Å². The minimum absolute atomic E-state index is 0.122. The molecule has 0 spiro atoms. The highest BCUT2D eigenvalue weighted by molar-refractivity contribution is 5.56. The number of nitrogens with zero attached hydrogens (tertiary/aromatic N) is 3. The van der Waals surface area contributed by atoms with E-state index in [9.17, 15) is 8.78 Å². The average Bonchev–Trinajstić information content (AvgIpc) is 3.15. The van der Waals surface area contributed by atoms with E-state index >= 15 is 0 Å². The predicted molar refractivity (Wildman–Crippen MR) is 73.4 cm³/mol. The molecule has 8 heteroatoms. The predicted octanol–water partition coefficient (Wildman–Crippen LogP) is 2.50. The zero-order chi connectivity index (χ0) is 15.6. The van der Waals surface area contributed by atoms with Gasteiger partial charge in [-0.15, -0.1) is 0 Å². The van der Waals surface area contributed by atoms with Crippen LogP contribution in [0.4, 0.5) is 8.78 Å². The van der Waals surface area contributed by atoms with Crippen molar-refractivity contribution >= 4 is 0 Å². The highest BCUT2D eigenvalue weighted by Gasteiger charge is 2.36. The molecule has 6 nitrogen and oxygen atoms in total. The van der Waals surface area contributed by atoms with Gasteiger partial charge >= 0.3 is 0 Å². The van der Waals surface area contributed by atoms with Crippen LogP contribution in [0.5, 0.6) is 5.75 Å². The number of ether oxygens (including phenoxy) is 1. The van der Waals surface area contributed by atoms with Gasteiger partial charge in [0.2, 0.25) is 0 Å². The summed E-state index contributed by atoms with van der Waals surface area (Å²) >= 11 is 0. The first-order chi connectivity index (χ1) is 10.6.